The number of hydrogen-bond acceptors (Lipinski definition) is 6. The van der Waals surface area contributed by atoms with Crippen molar-refractivity contribution in [2.75, 3.05) is 11.9 Å². The monoisotopic (exact) mass is 410 g/mol. The molecular formula is C18H26N4O3S2. The lowest BCUT2D eigenvalue weighted by Crippen LogP contribution is -2.29. The molecule has 0 bridgehead atoms. The number of sulfonamides is 1. The van der Waals surface area contributed by atoms with Gasteiger partial charge in [0, 0.05) is 12.1 Å². The van der Waals surface area contributed by atoms with Crippen LogP contribution >= 0.6 is 11.3 Å². The molecule has 1 aromatic heterocycles. The van der Waals surface area contributed by atoms with Crippen molar-refractivity contribution in [2.24, 2.45) is 5.92 Å². The quantitative estimate of drug-likeness (QED) is 0.583. The first-order valence-electron chi connectivity index (χ1n) is 9.07. The van der Waals surface area contributed by atoms with Crippen LogP contribution in [0.25, 0.3) is 0 Å². The summed E-state index contributed by atoms with van der Waals surface area (Å²) in [7, 11) is -3.73. The third-order valence-corrected chi connectivity index (χ3v) is 6.98. The molecule has 1 unspecified atom stereocenters. The van der Waals surface area contributed by atoms with Crippen molar-refractivity contribution in [1.82, 2.24) is 14.9 Å². The number of carbonyl (C=O) groups is 1. The molecular weight excluding hydrogens is 384 g/mol. The Morgan fingerprint density at radius 3 is 2.63 bits per heavy atom. The maximum Gasteiger partial charge on any atom is 0.269 e. The van der Waals surface area contributed by atoms with E-state index in [1.165, 1.54) is 0 Å². The summed E-state index contributed by atoms with van der Waals surface area (Å²) < 4.78 is 27.3. The van der Waals surface area contributed by atoms with E-state index < -0.39 is 10.0 Å². The number of nitrogens with zero attached hydrogens (tertiary/aromatic N) is 2. The molecule has 1 aromatic carbocycles. The zero-order chi connectivity index (χ0) is 19.9. The first kappa shape index (κ1) is 21.5. The Kier molecular flexibility index (Phi) is 7.88. The van der Waals surface area contributed by atoms with Crippen LogP contribution in [-0.2, 0) is 10.0 Å². The van der Waals surface area contributed by atoms with Gasteiger partial charge in [0.15, 0.2) is 0 Å². The maximum absolute atomic E-state index is 12.4. The first-order chi connectivity index (χ1) is 12.9. The number of aryl methyl sites for hydroxylation is 1. The average Bonchev–Trinajstić information content (AvgIpc) is 3.11. The summed E-state index contributed by atoms with van der Waals surface area (Å²) in [5.41, 5.74) is 1.34. The lowest BCUT2D eigenvalue weighted by molar-refractivity contribution is 0.102. The molecule has 0 aliphatic carbocycles. The molecule has 1 heterocycles. The van der Waals surface area contributed by atoms with E-state index in [1.54, 1.807) is 12.1 Å². The van der Waals surface area contributed by atoms with E-state index in [4.69, 9.17) is 0 Å². The second-order valence-electron chi connectivity index (χ2n) is 6.41. The second kappa shape index (κ2) is 9.91. The van der Waals surface area contributed by atoms with Crippen LogP contribution in [0.2, 0.25) is 0 Å². The predicted molar refractivity (Wildman–Crippen MR) is 108 cm³/mol. The van der Waals surface area contributed by atoms with Crippen molar-refractivity contribution in [3.05, 3.63) is 35.4 Å². The van der Waals surface area contributed by atoms with Crippen molar-refractivity contribution in [2.45, 2.75) is 50.8 Å². The van der Waals surface area contributed by atoms with Gasteiger partial charge in [0.1, 0.15) is 0 Å². The zero-order valence-corrected chi connectivity index (χ0v) is 17.5. The summed E-state index contributed by atoms with van der Waals surface area (Å²) in [5.74, 6) is -0.0420. The molecule has 2 aromatic rings. The van der Waals surface area contributed by atoms with E-state index in [0.29, 0.717) is 18.0 Å². The normalized spacial score (nSPS) is 12.7. The van der Waals surface area contributed by atoms with E-state index >= 15 is 0 Å². The standard InChI is InChI=1S/C18H26N4O3S2/c1-4-6-10-14(5-2)12-19-27(24,25)18-22-21-17(26-18)20-16(23)15-11-8-7-9-13(15)3/h7-9,11,14,19H,4-6,10,12H2,1-3H3,(H,20,21,23). The zero-order valence-electron chi connectivity index (χ0n) is 15.9. The summed E-state index contributed by atoms with van der Waals surface area (Å²) in [6, 6.07) is 7.14. The Labute approximate surface area is 164 Å². The third-order valence-electron chi connectivity index (χ3n) is 4.35. The molecule has 0 saturated carbocycles. The van der Waals surface area contributed by atoms with Crippen LogP contribution in [0.5, 0.6) is 0 Å². The lowest BCUT2D eigenvalue weighted by Gasteiger charge is -2.14. The van der Waals surface area contributed by atoms with E-state index in [-0.39, 0.29) is 15.4 Å². The number of unbranched alkanes of at least 4 members (excludes halogenated alkanes) is 1. The SMILES string of the molecule is CCCCC(CC)CNS(=O)(=O)c1nnc(NC(=O)c2ccccc2C)s1. The highest BCUT2D eigenvalue weighted by Gasteiger charge is 2.22. The fourth-order valence-electron chi connectivity index (χ4n) is 2.59. The van der Waals surface area contributed by atoms with Gasteiger partial charge in [-0.2, -0.15) is 0 Å². The molecule has 2 rings (SSSR count). The lowest BCUT2D eigenvalue weighted by atomic mass is 10.00. The molecule has 148 valence electrons. The third kappa shape index (κ3) is 6.08. The first-order valence-corrected chi connectivity index (χ1v) is 11.4. The Balaban J connectivity index is 2.01. The van der Waals surface area contributed by atoms with Crippen molar-refractivity contribution in [1.29, 1.82) is 0 Å². The number of amides is 1. The van der Waals surface area contributed by atoms with E-state index in [1.807, 2.05) is 19.1 Å². The Bertz CT molecular complexity index is 865. The summed E-state index contributed by atoms with van der Waals surface area (Å²) in [6.07, 6.45) is 4.07. The van der Waals surface area contributed by atoms with Crippen LogP contribution in [0.4, 0.5) is 5.13 Å². The van der Waals surface area contributed by atoms with Gasteiger partial charge >= 0.3 is 0 Å². The largest absolute Gasteiger partial charge is 0.296 e. The number of hydrogen-bond donors (Lipinski definition) is 2. The highest BCUT2D eigenvalue weighted by Crippen LogP contribution is 2.21. The molecule has 1 atom stereocenters. The molecule has 0 aliphatic rings. The number of anilines is 1. The van der Waals surface area contributed by atoms with Crippen LogP contribution in [0.15, 0.2) is 28.6 Å². The summed E-state index contributed by atoms with van der Waals surface area (Å²) in [5, 5.41) is 10.3. The number of carbonyl (C=O) groups excluding carboxylic acids is 1. The van der Waals surface area contributed by atoms with Gasteiger partial charge in [0.05, 0.1) is 0 Å². The molecule has 9 heteroatoms. The van der Waals surface area contributed by atoms with E-state index in [0.717, 1.165) is 42.6 Å². The number of aromatic nitrogens is 2. The average molecular weight is 411 g/mol. The molecule has 27 heavy (non-hydrogen) atoms. The van der Waals surface area contributed by atoms with Gasteiger partial charge in [-0.25, -0.2) is 13.1 Å². The molecule has 0 spiro atoms. The fraction of sp³-hybridized carbons (Fsp3) is 0.500. The maximum atomic E-state index is 12.4. The minimum atomic E-state index is -3.73. The highest BCUT2D eigenvalue weighted by molar-refractivity contribution is 7.91. The van der Waals surface area contributed by atoms with Crippen molar-refractivity contribution in [3.63, 3.8) is 0 Å². The number of benzene rings is 1. The highest BCUT2D eigenvalue weighted by atomic mass is 32.2. The van der Waals surface area contributed by atoms with Crippen molar-refractivity contribution >= 4 is 32.4 Å². The second-order valence-corrected chi connectivity index (χ2v) is 9.33. The van der Waals surface area contributed by atoms with Crippen LogP contribution in [0.1, 0.15) is 55.5 Å². The molecule has 0 aliphatic heterocycles. The molecule has 2 N–H and O–H groups in total. The van der Waals surface area contributed by atoms with E-state index in [9.17, 15) is 13.2 Å². The van der Waals surface area contributed by atoms with Crippen molar-refractivity contribution < 1.29 is 13.2 Å². The fourth-order valence-corrected chi connectivity index (χ4v) is 4.65. The Morgan fingerprint density at radius 1 is 1.22 bits per heavy atom. The topological polar surface area (TPSA) is 101 Å². The Morgan fingerprint density at radius 2 is 1.96 bits per heavy atom. The van der Waals surface area contributed by atoms with Gasteiger partial charge in [0.2, 0.25) is 9.47 Å². The van der Waals surface area contributed by atoms with Crippen LogP contribution in [0.3, 0.4) is 0 Å². The summed E-state index contributed by atoms with van der Waals surface area (Å²) in [4.78, 5) is 12.3. The molecule has 7 nitrogen and oxygen atoms in total. The van der Waals surface area contributed by atoms with Crippen LogP contribution < -0.4 is 10.0 Å². The summed E-state index contributed by atoms with van der Waals surface area (Å²) >= 11 is 0.841. The van der Waals surface area contributed by atoms with Gasteiger partial charge < -0.3 is 0 Å². The van der Waals surface area contributed by atoms with Gasteiger partial charge in [-0.15, -0.1) is 10.2 Å². The van der Waals surface area contributed by atoms with Gasteiger partial charge in [0.25, 0.3) is 15.9 Å². The number of nitrogens with one attached hydrogen (secondary N) is 2. The van der Waals surface area contributed by atoms with Gasteiger partial charge in [-0.3, -0.25) is 10.1 Å². The van der Waals surface area contributed by atoms with Gasteiger partial charge in [-0.05, 0) is 30.9 Å². The smallest absolute Gasteiger partial charge is 0.269 e. The summed E-state index contributed by atoms with van der Waals surface area (Å²) in [6.45, 7) is 6.38. The molecule has 0 saturated heterocycles. The Hall–Kier alpha value is -1.84. The molecule has 1 amide bonds. The minimum Gasteiger partial charge on any atom is -0.296 e. The molecule has 0 fully saturated rings. The van der Waals surface area contributed by atoms with E-state index in [2.05, 4.69) is 34.1 Å². The van der Waals surface area contributed by atoms with Crippen LogP contribution in [0, 0.1) is 12.8 Å². The molecule has 0 radical (unpaired) electrons. The van der Waals surface area contributed by atoms with Gasteiger partial charge in [-0.1, -0.05) is 62.6 Å². The van der Waals surface area contributed by atoms with Crippen molar-refractivity contribution in [3.8, 4) is 0 Å². The number of rotatable bonds is 10. The minimum absolute atomic E-state index is 0.145. The van der Waals surface area contributed by atoms with Crippen LogP contribution in [-0.4, -0.2) is 31.1 Å². The predicted octanol–water partition coefficient (Wildman–Crippen LogP) is 3.59.